The van der Waals surface area contributed by atoms with Crippen molar-refractivity contribution in [3.05, 3.63) is 119 Å². The lowest BCUT2D eigenvalue weighted by atomic mass is 9.98. The van der Waals surface area contributed by atoms with Gasteiger partial charge in [-0.1, -0.05) is 72.8 Å². The Hall–Kier alpha value is -4.42. The number of fused-ring (bicyclic) bond motifs is 1. The van der Waals surface area contributed by atoms with Crippen LogP contribution in [0.3, 0.4) is 0 Å². The van der Waals surface area contributed by atoms with Gasteiger partial charge in [-0.2, -0.15) is 5.10 Å². The van der Waals surface area contributed by atoms with E-state index in [9.17, 15) is 4.79 Å². The number of hydrogen-bond acceptors (Lipinski definition) is 5. The van der Waals surface area contributed by atoms with Crippen molar-refractivity contribution >= 4 is 16.9 Å². The van der Waals surface area contributed by atoms with Gasteiger partial charge in [0.15, 0.2) is 6.10 Å². The number of nitrogens with zero attached hydrogens (tertiary/aromatic N) is 2. The van der Waals surface area contributed by atoms with Crippen LogP contribution in [-0.4, -0.2) is 22.4 Å². The molecule has 0 aliphatic carbocycles. The highest BCUT2D eigenvalue weighted by molar-refractivity contribution is 5.88. The van der Waals surface area contributed by atoms with Crippen molar-refractivity contribution in [2.75, 3.05) is 6.61 Å². The van der Waals surface area contributed by atoms with Crippen molar-refractivity contribution in [2.24, 2.45) is 5.73 Å². The standard InChI is InChI=1S/C34H35N3O3/c1-4-39-32(38)21-28-14-8-9-16-31(28)40-34(25-12-6-5-7-13-25)33-29-20-27(26-15-10-11-24(19-26)22-35)17-18-30(29)37(36-33)23(2)3/h5-20,23,34H,4,21-22,35H2,1-3H3. The van der Waals surface area contributed by atoms with Crippen LogP contribution in [-0.2, 0) is 22.5 Å². The number of rotatable bonds is 10. The van der Waals surface area contributed by atoms with Crippen LogP contribution in [0, 0.1) is 0 Å². The summed E-state index contributed by atoms with van der Waals surface area (Å²) in [6, 6.07) is 32.6. The Labute approximate surface area is 235 Å². The molecule has 40 heavy (non-hydrogen) atoms. The molecule has 0 spiro atoms. The van der Waals surface area contributed by atoms with Crippen LogP contribution in [0.5, 0.6) is 5.75 Å². The molecule has 0 radical (unpaired) electrons. The third-order valence-corrected chi connectivity index (χ3v) is 6.93. The molecule has 0 fully saturated rings. The SMILES string of the molecule is CCOC(=O)Cc1ccccc1OC(c1ccccc1)c1nn(C(C)C)c2ccc(-c3cccc(CN)c3)cc12. The molecule has 0 saturated heterocycles. The van der Waals surface area contributed by atoms with E-state index in [1.807, 2.05) is 73.7 Å². The summed E-state index contributed by atoms with van der Waals surface area (Å²) in [5.41, 5.74) is 12.8. The maximum atomic E-state index is 12.4. The smallest absolute Gasteiger partial charge is 0.310 e. The fourth-order valence-corrected chi connectivity index (χ4v) is 4.98. The Balaban J connectivity index is 1.66. The molecule has 1 aromatic heterocycles. The molecule has 1 unspecified atom stereocenters. The molecule has 4 aromatic carbocycles. The van der Waals surface area contributed by atoms with E-state index in [0.29, 0.717) is 18.9 Å². The first-order valence-electron chi connectivity index (χ1n) is 13.7. The van der Waals surface area contributed by atoms with E-state index in [4.69, 9.17) is 20.3 Å². The van der Waals surface area contributed by atoms with E-state index < -0.39 is 6.10 Å². The molecular formula is C34H35N3O3. The third kappa shape index (κ3) is 5.77. The lowest BCUT2D eigenvalue weighted by Gasteiger charge is -2.21. The molecule has 1 heterocycles. The Bertz CT molecular complexity index is 1610. The molecule has 0 aliphatic rings. The van der Waals surface area contributed by atoms with Crippen LogP contribution in [0.1, 0.15) is 55.3 Å². The van der Waals surface area contributed by atoms with Crippen LogP contribution in [0.4, 0.5) is 0 Å². The van der Waals surface area contributed by atoms with E-state index in [1.54, 1.807) is 0 Å². The zero-order chi connectivity index (χ0) is 28.1. The van der Waals surface area contributed by atoms with E-state index in [0.717, 1.165) is 44.4 Å². The zero-order valence-corrected chi connectivity index (χ0v) is 23.2. The molecule has 204 valence electrons. The largest absolute Gasteiger partial charge is 0.479 e. The lowest BCUT2D eigenvalue weighted by molar-refractivity contribution is -0.142. The van der Waals surface area contributed by atoms with Gasteiger partial charge in [0.05, 0.1) is 18.5 Å². The number of aromatic nitrogens is 2. The molecule has 5 rings (SSSR count). The average molecular weight is 534 g/mol. The molecule has 6 heteroatoms. The second-order valence-electron chi connectivity index (χ2n) is 10.1. The monoisotopic (exact) mass is 533 g/mol. The van der Waals surface area contributed by atoms with Crippen LogP contribution in [0.15, 0.2) is 97.1 Å². The van der Waals surface area contributed by atoms with E-state index in [2.05, 4.69) is 48.9 Å². The van der Waals surface area contributed by atoms with Crippen molar-refractivity contribution in [3.63, 3.8) is 0 Å². The van der Waals surface area contributed by atoms with Crippen LogP contribution >= 0.6 is 0 Å². The Morgan fingerprint density at radius 1 is 0.900 bits per heavy atom. The second kappa shape index (κ2) is 12.2. The van der Waals surface area contributed by atoms with Crippen LogP contribution in [0.2, 0.25) is 0 Å². The van der Waals surface area contributed by atoms with Gasteiger partial charge in [-0.3, -0.25) is 9.48 Å². The topological polar surface area (TPSA) is 79.4 Å². The van der Waals surface area contributed by atoms with Gasteiger partial charge in [-0.05, 0) is 67.3 Å². The number of esters is 1. The maximum Gasteiger partial charge on any atom is 0.310 e. The molecule has 2 N–H and O–H groups in total. The van der Waals surface area contributed by atoms with Crippen molar-refractivity contribution in [3.8, 4) is 16.9 Å². The van der Waals surface area contributed by atoms with Crippen molar-refractivity contribution in [1.82, 2.24) is 9.78 Å². The maximum absolute atomic E-state index is 12.4. The van der Waals surface area contributed by atoms with Gasteiger partial charge in [0.2, 0.25) is 0 Å². The highest BCUT2D eigenvalue weighted by Gasteiger charge is 2.26. The van der Waals surface area contributed by atoms with Gasteiger partial charge in [0, 0.05) is 23.5 Å². The van der Waals surface area contributed by atoms with E-state index in [1.165, 1.54) is 0 Å². The third-order valence-electron chi connectivity index (χ3n) is 6.93. The van der Waals surface area contributed by atoms with E-state index in [-0.39, 0.29) is 18.4 Å². The highest BCUT2D eigenvalue weighted by atomic mass is 16.5. The fourth-order valence-electron chi connectivity index (χ4n) is 4.98. The second-order valence-corrected chi connectivity index (χ2v) is 10.1. The number of carbonyl (C=O) groups excluding carboxylic acids is 1. The minimum atomic E-state index is -0.502. The minimum Gasteiger partial charge on any atom is -0.479 e. The van der Waals surface area contributed by atoms with Crippen LogP contribution in [0.25, 0.3) is 22.0 Å². The summed E-state index contributed by atoms with van der Waals surface area (Å²) in [5, 5.41) is 6.15. The highest BCUT2D eigenvalue weighted by Crippen LogP contribution is 2.37. The summed E-state index contributed by atoms with van der Waals surface area (Å²) in [6.07, 6.45) is -0.369. The normalized spacial score (nSPS) is 12.0. The molecule has 6 nitrogen and oxygen atoms in total. The van der Waals surface area contributed by atoms with E-state index >= 15 is 0 Å². The molecule has 0 amide bonds. The molecule has 0 saturated carbocycles. The van der Waals surface area contributed by atoms with Gasteiger partial charge in [0.25, 0.3) is 0 Å². The van der Waals surface area contributed by atoms with Gasteiger partial charge >= 0.3 is 5.97 Å². The predicted molar refractivity (Wildman–Crippen MR) is 159 cm³/mol. The van der Waals surface area contributed by atoms with Crippen LogP contribution < -0.4 is 10.5 Å². The Morgan fingerprint density at radius 3 is 2.40 bits per heavy atom. The number of benzene rings is 4. The van der Waals surface area contributed by atoms with Crippen molar-refractivity contribution < 1.29 is 14.3 Å². The summed E-state index contributed by atoms with van der Waals surface area (Å²) < 4.78 is 14.0. The number of ether oxygens (including phenoxy) is 2. The number of nitrogens with two attached hydrogens (primary N) is 1. The molecular weight excluding hydrogens is 498 g/mol. The van der Waals surface area contributed by atoms with Crippen molar-refractivity contribution in [2.45, 2.75) is 45.9 Å². The summed E-state index contributed by atoms with van der Waals surface area (Å²) in [7, 11) is 0. The summed E-state index contributed by atoms with van der Waals surface area (Å²) in [4.78, 5) is 12.4. The predicted octanol–water partition coefficient (Wildman–Crippen LogP) is 7.02. The Kier molecular flexibility index (Phi) is 8.27. The summed E-state index contributed by atoms with van der Waals surface area (Å²) in [6.45, 7) is 6.89. The average Bonchev–Trinajstić information content (AvgIpc) is 3.36. The minimum absolute atomic E-state index is 0.133. The van der Waals surface area contributed by atoms with Crippen molar-refractivity contribution in [1.29, 1.82) is 0 Å². The quantitative estimate of drug-likeness (QED) is 0.195. The van der Waals surface area contributed by atoms with Gasteiger partial charge < -0.3 is 15.2 Å². The first-order valence-corrected chi connectivity index (χ1v) is 13.7. The number of para-hydroxylation sites is 1. The molecule has 1 atom stereocenters. The number of carbonyl (C=O) groups is 1. The molecule has 5 aromatic rings. The van der Waals surface area contributed by atoms with Gasteiger partial charge in [-0.25, -0.2) is 0 Å². The lowest BCUT2D eigenvalue weighted by Crippen LogP contribution is -2.14. The fraction of sp³-hybridized carbons (Fsp3) is 0.235. The number of hydrogen-bond donors (Lipinski definition) is 1. The zero-order valence-electron chi connectivity index (χ0n) is 23.2. The first kappa shape index (κ1) is 27.2. The summed E-state index contributed by atoms with van der Waals surface area (Å²) in [5.74, 6) is 0.345. The van der Waals surface area contributed by atoms with Gasteiger partial charge in [0.1, 0.15) is 11.4 Å². The molecule has 0 bridgehead atoms. The Morgan fingerprint density at radius 2 is 1.65 bits per heavy atom. The first-order chi connectivity index (χ1) is 19.5. The van der Waals surface area contributed by atoms with Gasteiger partial charge in [-0.15, -0.1) is 0 Å². The molecule has 0 aliphatic heterocycles. The summed E-state index contributed by atoms with van der Waals surface area (Å²) >= 11 is 0.